The number of hydrogen-bond acceptors (Lipinski definition) is 3. The molecule has 186 valence electrons. The van der Waals surface area contributed by atoms with Gasteiger partial charge in [-0.1, -0.05) is 81.6 Å². The molecule has 1 aromatic carbocycles. The Morgan fingerprint density at radius 3 is 2.40 bits per heavy atom. The maximum absolute atomic E-state index is 5.51. The normalized spacial score (nSPS) is 23.8. The summed E-state index contributed by atoms with van der Waals surface area (Å²) in [5.41, 5.74) is 4.18. The molecule has 3 rings (SSSR count). The molecule has 2 atom stereocenters. The fourth-order valence-electron chi connectivity index (χ4n) is 4.99. The first-order valence-electron chi connectivity index (χ1n) is 13.0. The van der Waals surface area contributed by atoms with Gasteiger partial charge in [-0.25, -0.2) is 0 Å². The molecule has 2 unspecified atom stereocenters. The quantitative estimate of drug-likeness (QED) is 0.321. The minimum absolute atomic E-state index is 0.251. The van der Waals surface area contributed by atoms with E-state index in [0.29, 0.717) is 12.0 Å². The first-order valence-corrected chi connectivity index (χ1v) is 13.8. The summed E-state index contributed by atoms with van der Waals surface area (Å²) >= 11 is 1.67. The number of benzene rings is 1. The highest BCUT2D eigenvalue weighted by Gasteiger charge is 2.22. The summed E-state index contributed by atoms with van der Waals surface area (Å²) in [6, 6.07) is 9.51. The molecule has 2 nitrogen and oxygen atoms in total. The second-order valence-electron chi connectivity index (χ2n) is 10.0. The van der Waals surface area contributed by atoms with Gasteiger partial charge < -0.3 is 10.2 Å². The molecule has 0 saturated heterocycles. The fourth-order valence-corrected chi connectivity index (χ4v) is 5.99. The molecule has 2 aliphatic carbocycles. The monoisotopic (exact) mass is 486 g/mol. The maximum Gasteiger partial charge on any atom is 0.0366 e. The average molecular weight is 487 g/mol. The number of nitrogens with one attached hydrogen (secondary N) is 1. The molecular formula is C32H42N2S. The van der Waals surface area contributed by atoms with Crippen LogP contribution in [0.3, 0.4) is 0 Å². The summed E-state index contributed by atoms with van der Waals surface area (Å²) in [5, 5.41) is 3.78. The summed E-state index contributed by atoms with van der Waals surface area (Å²) in [4.78, 5) is 4.57. The number of nitrogens with zero attached hydrogens (tertiary/aromatic N) is 1. The van der Waals surface area contributed by atoms with Crippen LogP contribution in [0.15, 0.2) is 78.3 Å². The number of allylic oxidation sites excluding steroid dienone is 6. The van der Waals surface area contributed by atoms with Crippen molar-refractivity contribution in [3.63, 3.8) is 0 Å². The molecule has 0 aliphatic heterocycles. The van der Waals surface area contributed by atoms with Gasteiger partial charge in [0.25, 0.3) is 0 Å². The van der Waals surface area contributed by atoms with E-state index in [9.17, 15) is 0 Å². The first kappa shape index (κ1) is 27.2. The van der Waals surface area contributed by atoms with Gasteiger partial charge in [0.2, 0.25) is 0 Å². The number of hydrogen-bond donors (Lipinski definition) is 1. The van der Waals surface area contributed by atoms with Gasteiger partial charge in [-0.2, -0.15) is 0 Å². The molecule has 0 aromatic heterocycles. The SMILES string of the molecule is C#CC(=C)C1=CC(C)C(C(=C)SC(=C)c2ccc(N(CC)CCNC3CCC(C)CC3)cc2)C=C1. The van der Waals surface area contributed by atoms with E-state index in [2.05, 4.69) is 99.1 Å². The van der Waals surface area contributed by atoms with Crippen molar-refractivity contribution in [2.75, 3.05) is 24.5 Å². The van der Waals surface area contributed by atoms with E-state index in [0.717, 1.165) is 52.1 Å². The smallest absolute Gasteiger partial charge is 0.0366 e. The zero-order valence-electron chi connectivity index (χ0n) is 21.9. The van der Waals surface area contributed by atoms with Crippen LogP contribution in [0.5, 0.6) is 0 Å². The van der Waals surface area contributed by atoms with Crippen LogP contribution >= 0.6 is 11.8 Å². The zero-order valence-corrected chi connectivity index (χ0v) is 22.7. The van der Waals surface area contributed by atoms with Crippen molar-refractivity contribution in [2.45, 2.75) is 52.5 Å². The Labute approximate surface area is 218 Å². The van der Waals surface area contributed by atoms with E-state index in [4.69, 9.17) is 6.42 Å². The largest absolute Gasteiger partial charge is 0.371 e. The number of anilines is 1. The van der Waals surface area contributed by atoms with Crippen molar-refractivity contribution in [1.29, 1.82) is 0 Å². The Morgan fingerprint density at radius 1 is 1.11 bits per heavy atom. The van der Waals surface area contributed by atoms with Gasteiger partial charge in [0, 0.05) is 47.8 Å². The van der Waals surface area contributed by atoms with Crippen molar-refractivity contribution in [3.05, 3.63) is 83.8 Å². The fraction of sp³-hybridized carbons (Fsp3) is 0.438. The second-order valence-corrected chi connectivity index (χ2v) is 11.2. The maximum atomic E-state index is 5.51. The number of thioether (sulfide) groups is 1. The third kappa shape index (κ3) is 7.53. The Hall–Kier alpha value is -2.41. The van der Waals surface area contributed by atoms with E-state index in [1.807, 2.05) is 0 Å². The highest BCUT2D eigenvalue weighted by Crippen LogP contribution is 2.41. The molecule has 1 N–H and O–H groups in total. The molecule has 0 heterocycles. The molecule has 35 heavy (non-hydrogen) atoms. The third-order valence-electron chi connectivity index (χ3n) is 7.41. The van der Waals surface area contributed by atoms with E-state index < -0.39 is 0 Å². The van der Waals surface area contributed by atoms with Crippen molar-refractivity contribution in [3.8, 4) is 12.3 Å². The standard InChI is InChI=1S/C32H42N2S/c1-8-24(4)29-14-19-32(25(5)22-29)27(7)35-26(6)28-12-17-31(18-13-28)34(9-2)21-20-33-30-15-10-23(3)11-16-30/h1,12-14,17-19,22-23,25,30,32-33H,4,6-7,9-11,15-16,20-21H2,2-3,5H3. The second kappa shape index (κ2) is 13.1. The van der Waals surface area contributed by atoms with Gasteiger partial charge in [-0.15, -0.1) is 6.42 Å². The third-order valence-corrected chi connectivity index (χ3v) is 8.42. The Kier molecular flexibility index (Phi) is 10.1. The van der Waals surface area contributed by atoms with Crippen LogP contribution in [-0.4, -0.2) is 25.7 Å². The van der Waals surface area contributed by atoms with Crippen LogP contribution in [0.4, 0.5) is 5.69 Å². The Balaban J connectivity index is 1.51. The van der Waals surface area contributed by atoms with E-state index in [1.54, 1.807) is 11.8 Å². The summed E-state index contributed by atoms with van der Waals surface area (Å²) in [7, 11) is 0. The highest BCUT2D eigenvalue weighted by molar-refractivity contribution is 8.11. The minimum Gasteiger partial charge on any atom is -0.371 e. The van der Waals surface area contributed by atoms with Crippen LogP contribution < -0.4 is 10.2 Å². The molecular weight excluding hydrogens is 444 g/mol. The lowest BCUT2D eigenvalue weighted by molar-refractivity contribution is 0.309. The average Bonchev–Trinajstić information content (AvgIpc) is 2.87. The molecule has 2 aliphatic rings. The zero-order chi connectivity index (χ0) is 25.4. The molecule has 0 bridgehead atoms. The molecule has 1 saturated carbocycles. The van der Waals surface area contributed by atoms with Crippen LogP contribution in [0.1, 0.15) is 52.0 Å². The van der Waals surface area contributed by atoms with Crippen molar-refractivity contribution < 1.29 is 0 Å². The van der Waals surface area contributed by atoms with Crippen LogP contribution in [0.2, 0.25) is 0 Å². The van der Waals surface area contributed by atoms with E-state index >= 15 is 0 Å². The minimum atomic E-state index is 0.251. The van der Waals surface area contributed by atoms with Crippen LogP contribution in [0.25, 0.3) is 4.91 Å². The molecule has 0 amide bonds. The summed E-state index contributed by atoms with van der Waals surface area (Å²) < 4.78 is 0. The van der Waals surface area contributed by atoms with Crippen molar-refractivity contribution in [2.24, 2.45) is 17.8 Å². The van der Waals surface area contributed by atoms with Gasteiger partial charge in [-0.05, 0) is 72.6 Å². The Morgan fingerprint density at radius 2 is 1.80 bits per heavy atom. The number of likely N-dealkylation sites (N-methyl/N-ethyl adjacent to an activating group) is 1. The van der Waals surface area contributed by atoms with Crippen LogP contribution in [-0.2, 0) is 0 Å². The molecule has 3 heteroatoms. The van der Waals surface area contributed by atoms with Gasteiger partial charge in [0.15, 0.2) is 0 Å². The Bertz CT molecular complexity index is 999. The summed E-state index contributed by atoms with van der Waals surface area (Å²) in [5.74, 6) is 4.10. The van der Waals surface area contributed by atoms with Gasteiger partial charge >= 0.3 is 0 Å². The predicted octanol–water partition coefficient (Wildman–Crippen LogP) is 7.84. The first-order chi connectivity index (χ1) is 16.8. The predicted molar refractivity (Wildman–Crippen MR) is 157 cm³/mol. The molecule has 1 aromatic rings. The van der Waals surface area contributed by atoms with E-state index in [-0.39, 0.29) is 5.92 Å². The summed E-state index contributed by atoms with van der Waals surface area (Å²) in [6.07, 6.45) is 17.3. The van der Waals surface area contributed by atoms with Gasteiger partial charge in [0.05, 0.1) is 0 Å². The van der Waals surface area contributed by atoms with E-state index in [1.165, 1.54) is 31.4 Å². The van der Waals surface area contributed by atoms with Crippen molar-refractivity contribution >= 4 is 22.4 Å². The lowest BCUT2D eigenvalue weighted by atomic mass is 9.85. The molecule has 1 fully saturated rings. The number of terminal acetylenes is 1. The molecule has 0 radical (unpaired) electrons. The topological polar surface area (TPSA) is 15.3 Å². The highest BCUT2D eigenvalue weighted by atomic mass is 32.2. The lowest BCUT2D eigenvalue weighted by Crippen LogP contribution is -2.38. The lowest BCUT2D eigenvalue weighted by Gasteiger charge is -2.29. The van der Waals surface area contributed by atoms with Crippen molar-refractivity contribution in [1.82, 2.24) is 5.32 Å². The molecule has 0 spiro atoms. The van der Waals surface area contributed by atoms with Gasteiger partial charge in [-0.3, -0.25) is 0 Å². The van der Waals surface area contributed by atoms with Crippen LogP contribution in [0, 0.1) is 30.1 Å². The van der Waals surface area contributed by atoms with Gasteiger partial charge in [0.1, 0.15) is 0 Å². The summed E-state index contributed by atoms with van der Waals surface area (Å²) in [6.45, 7) is 22.5. The number of rotatable bonds is 11.